The Morgan fingerprint density at radius 2 is 1.81 bits per heavy atom. The molecule has 0 atom stereocenters. The van der Waals surface area contributed by atoms with Gasteiger partial charge in [-0.05, 0) is 30.3 Å². The molecule has 2 rings (SSSR count). The molecule has 0 aliphatic heterocycles. The molecule has 0 saturated carbocycles. The number of halogens is 1. The van der Waals surface area contributed by atoms with Gasteiger partial charge in [-0.25, -0.2) is 4.39 Å². The van der Waals surface area contributed by atoms with Crippen LogP contribution in [0, 0.1) is 5.82 Å². The lowest BCUT2D eigenvalue weighted by atomic mass is 10.1. The highest BCUT2D eigenvalue weighted by molar-refractivity contribution is 6.08. The van der Waals surface area contributed by atoms with Crippen molar-refractivity contribution in [3.63, 3.8) is 0 Å². The van der Waals surface area contributed by atoms with Crippen molar-refractivity contribution in [1.29, 1.82) is 0 Å². The summed E-state index contributed by atoms with van der Waals surface area (Å²) in [6, 6.07) is 10.6. The van der Waals surface area contributed by atoms with Gasteiger partial charge in [0.1, 0.15) is 5.82 Å². The molecule has 0 bridgehead atoms. The van der Waals surface area contributed by atoms with Crippen molar-refractivity contribution in [2.75, 3.05) is 17.7 Å². The predicted octanol–water partition coefficient (Wildman–Crippen LogP) is 2.22. The second-order valence-corrected chi connectivity index (χ2v) is 4.31. The van der Waals surface area contributed by atoms with Gasteiger partial charge < -0.3 is 16.4 Å². The first-order chi connectivity index (χ1) is 10.0. The van der Waals surface area contributed by atoms with E-state index in [-0.39, 0.29) is 11.5 Å². The molecule has 6 heteroatoms. The highest BCUT2D eigenvalue weighted by Crippen LogP contribution is 2.18. The van der Waals surface area contributed by atoms with E-state index in [9.17, 15) is 14.0 Å². The normalized spacial score (nSPS) is 10.0. The Labute approximate surface area is 121 Å². The van der Waals surface area contributed by atoms with Gasteiger partial charge in [-0.3, -0.25) is 9.59 Å². The predicted molar refractivity (Wildman–Crippen MR) is 78.9 cm³/mol. The van der Waals surface area contributed by atoms with Crippen LogP contribution in [0.3, 0.4) is 0 Å². The topological polar surface area (TPSA) is 84.2 Å². The molecule has 0 aliphatic rings. The molecule has 0 radical (unpaired) electrons. The summed E-state index contributed by atoms with van der Waals surface area (Å²) in [5.74, 6) is -1.99. The number of nitrogens with one attached hydrogen (secondary N) is 2. The van der Waals surface area contributed by atoms with E-state index in [1.165, 1.54) is 12.1 Å². The van der Waals surface area contributed by atoms with Crippen molar-refractivity contribution in [2.45, 2.75) is 0 Å². The Hall–Kier alpha value is -2.89. The SMILES string of the molecule is CNc1ccccc1C(=O)Nc1ccc(F)c(C(N)=O)c1. The van der Waals surface area contributed by atoms with Crippen LogP contribution in [0.5, 0.6) is 0 Å². The minimum atomic E-state index is -0.890. The van der Waals surface area contributed by atoms with Crippen LogP contribution in [-0.2, 0) is 0 Å². The number of hydrogen-bond acceptors (Lipinski definition) is 3. The number of amides is 2. The Bertz CT molecular complexity index is 701. The Morgan fingerprint density at radius 3 is 2.48 bits per heavy atom. The lowest BCUT2D eigenvalue weighted by molar-refractivity contribution is 0.0992. The number of carbonyl (C=O) groups excluding carboxylic acids is 2. The number of para-hydroxylation sites is 1. The molecule has 21 heavy (non-hydrogen) atoms. The monoisotopic (exact) mass is 287 g/mol. The van der Waals surface area contributed by atoms with Gasteiger partial charge in [0.25, 0.3) is 11.8 Å². The number of carbonyl (C=O) groups is 2. The number of nitrogens with two attached hydrogens (primary N) is 1. The van der Waals surface area contributed by atoms with E-state index < -0.39 is 11.7 Å². The number of primary amides is 1. The minimum Gasteiger partial charge on any atom is -0.387 e. The van der Waals surface area contributed by atoms with Gasteiger partial charge in [0.05, 0.1) is 11.1 Å². The van der Waals surface area contributed by atoms with E-state index in [0.717, 1.165) is 6.07 Å². The summed E-state index contributed by atoms with van der Waals surface area (Å²) in [5, 5.41) is 5.51. The zero-order valence-electron chi connectivity index (χ0n) is 11.3. The van der Waals surface area contributed by atoms with Crippen LogP contribution in [0.2, 0.25) is 0 Å². The third-order valence-electron chi connectivity index (χ3n) is 2.93. The maximum Gasteiger partial charge on any atom is 0.257 e. The fourth-order valence-electron chi connectivity index (χ4n) is 1.89. The van der Waals surface area contributed by atoms with Gasteiger partial charge in [-0.1, -0.05) is 12.1 Å². The maximum atomic E-state index is 13.4. The average Bonchev–Trinajstić information content (AvgIpc) is 2.48. The van der Waals surface area contributed by atoms with Crippen LogP contribution in [0.25, 0.3) is 0 Å². The van der Waals surface area contributed by atoms with Crippen molar-refractivity contribution in [3.05, 3.63) is 59.4 Å². The van der Waals surface area contributed by atoms with Gasteiger partial charge in [0.15, 0.2) is 0 Å². The van der Waals surface area contributed by atoms with Crippen LogP contribution in [-0.4, -0.2) is 18.9 Å². The van der Waals surface area contributed by atoms with Crippen LogP contribution in [0.1, 0.15) is 20.7 Å². The summed E-state index contributed by atoms with van der Waals surface area (Å²) in [4.78, 5) is 23.3. The highest BCUT2D eigenvalue weighted by atomic mass is 19.1. The van der Waals surface area contributed by atoms with E-state index >= 15 is 0 Å². The summed E-state index contributed by atoms with van der Waals surface area (Å²) >= 11 is 0. The van der Waals surface area contributed by atoms with Crippen LogP contribution in [0.4, 0.5) is 15.8 Å². The van der Waals surface area contributed by atoms with Crippen molar-refractivity contribution in [2.24, 2.45) is 5.73 Å². The summed E-state index contributed by atoms with van der Waals surface area (Å²) in [6.07, 6.45) is 0. The fraction of sp³-hybridized carbons (Fsp3) is 0.0667. The molecule has 0 heterocycles. The van der Waals surface area contributed by atoms with Crippen molar-refractivity contribution < 1.29 is 14.0 Å². The Kier molecular flexibility index (Phi) is 4.18. The maximum absolute atomic E-state index is 13.4. The number of rotatable bonds is 4. The summed E-state index contributed by atoms with van der Waals surface area (Å²) in [5.41, 5.74) is 6.19. The first-order valence-electron chi connectivity index (χ1n) is 6.20. The molecule has 2 aromatic rings. The molecule has 2 aromatic carbocycles. The molecule has 0 fully saturated rings. The fourth-order valence-corrected chi connectivity index (χ4v) is 1.89. The molecule has 0 aromatic heterocycles. The van der Waals surface area contributed by atoms with Crippen LogP contribution >= 0.6 is 0 Å². The zero-order valence-corrected chi connectivity index (χ0v) is 11.3. The van der Waals surface area contributed by atoms with Crippen molar-refractivity contribution in [3.8, 4) is 0 Å². The van der Waals surface area contributed by atoms with E-state index in [4.69, 9.17) is 5.73 Å². The van der Waals surface area contributed by atoms with E-state index in [2.05, 4.69) is 10.6 Å². The Morgan fingerprint density at radius 1 is 1.10 bits per heavy atom. The largest absolute Gasteiger partial charge is 0.387 e. The molecule has 5 nitrogen and oxygen atoms in total. The van der Waals surface area contributed by atoms with E-state index in [1.807, 2.05) is 0 Å². The van der Waals surface area contributed by atoms with Gasteiger partial charge >= 0.3 is 0 Å². The second-order valence-electron chi connectivity index (χ2n) is 4.31. The molecule has 0 unspecified atom stereocenters. The third-order valence-corrected chi connectivity index (χ3v) is 2.93. The molecule has 4 N–H and O–H groups in total. The molecule has 0 spiro atoms. The van der Waals surface area contributed by atoms with Crippen molar-refractivity contribution in [1.82, 2.24) is 0 Å². The van der Waals surface area contributed by atoms with E-state index in [0.29, 0.717) is 16.9 Å². The van der Waals surface area contributed by atoms with E-state index in [1.54, 1.807) is 31.3 Å². The van der Waals surface area contributed by atoms with Gasteiger partial charge in [0, 0.05) is 18.4 Å². The standard InChI is InChI=1S/C15H14FN3O2/c1-18-13-5-3-2-4-10(13)15(21)19-9-6-7-12(16)11(8-9)14(17)20/h2-8,18H,1H3,(H2,17,20)(H,19,21). The molecule has 0 saturated heterocycles. The van der Waals surface area contributed by atoms with Gasteiger partial charge in [-0.2, -0.15) is 0 Å². The first-order valence-corrected chi connectivity index (χ1v) is 6.20. The molecular formula is C15H14FN3O2. The summed E-state index contributed by atoms with van der Waals surface area (Å²) in [6.45, 7) is 0. The Balaban J connectivity index is 2.28. The third kappa shape index (κ3) is 3.17. The molecule has 108 valence electrons. The molecule has 2 amide bonds. The first kappa shape index (κ1) is 14.5. The highest BCUT2D eigenvalue weighted by Gasteiger charge is 2.13. The van der Waals surface area contributed by atoms with Crippen molar-refractivity contribution >= 4 is 23.2 Å². The molecule has 0 aliphatic carbocycles. The number of hydrogen-bond donors (Lipinski definition) is 3. The minimum absolute atomic E-state index is 0.269. The second kappa shape index (κ2) is 6.04. The van der Waals surface area contributed by atoms with Crippen LogP contribution in [0.15, 0.2) is 42.5 Å². The average molecular weight is 287 g/mol. The number of anilines is 2. The lowest BCUT2D eigenvalue weighted by Crippen LogP contribution is -2.16. The quantitative estimate of drug-likeness (QED) is 0.806. The summed E-state index contributed by atoms with van der Waals surface area (Å²) in [7, 11) is 1.70. The molecular weight excluding hydrogens is 273 g/mol. The van der Waals surface area contributed by atoms with Gasteiger partial charge in [0.2, 0.25) is 0 Å². The zero-order chi connectivity index (χ0) is 15.4. The van der Waals surface area contributed by atoms with Crippen LogP contribution < -0.4 is 16.4 Å². The summed E-state index contributed by atoms with van der Waals surface area (Å²) < 4.78 is 13.4. The van der Waals surface area contributed by atoms with Gasteiger partial charge in [-0.15, -0.1) is 0 Å². The lowest BCUT2D eigenvalue weighted by Gasteiger charge is -2.10. The number of benzene rings is 2. The smallest absolute Gasteiger partial charge is 0.257 e.